The number of methoxy groups -OCH3 is 1. The number of carbonyl (C=O) groups is 2. The molecule has 0 unspecified atom stereocenters. The normalized spacial score (nSPS) is 13.5. The predicted molar refractivity (Wildman–Crippen MR) is 131 cm³/mol. The van der Waals surface area contributed by atoms with E-state index < -0.39 is 0 Å². The number of amides is 2. The summed E-state index contributed by atoms with van der Waals surface area (Å²) >= 11 is 0. The molecule has 0 bridgehead atoms. The molecular formula is C27H27N3O3. The van der Waals surface area contributed by atoms with Crippen molar-refractivity contribution in [2.24, 2.45) is 0 Å². The van der Waals surface area contributed by atoms with Gasteiger partial charge in [-0.15, -0.1) is 0 Å². The molecular weight excluding hydrogens is 414 g/mol. The van der Waals surface area contributed by atoms with E-state index in [1.54, 1.807) is 7.11 Å². The van der Waals surface area contributed by atoms with Gasteiger partial charge >= 0.3 is 0 Å². The Hall–Kier alpha value is -4.06. The first-order valence-corrected chi connectivity index (χ1v) is 10.8. The summed E-state index contributed by atoms with van der Waals surface area (Å²) in [5, 5.41) is 3.21. The zero-order valence-electron chi connectivity index (χ0n) is 19.0. The number of anilines is 2. The van der Waals surface area contributed by atoms with E-state index >= 15 is 0 Å². The van der Waals surface area contributed by atoms with Gasteiger partial charge in [0.25, 0.3) is 11.8 Å². The summed E-state index contributed by atoms with van der Waals surface area (Å²) in [7, 11) is 5.56. The maximum Gasteiger partial charge on any atom is 0.278 e. The molecule has 6 nitrogen and oxygen atoms in total. The molecule has 168 valence electrons. The van der Waals surface area contributed by atoms with Crippen LogP contribution >= 0.6 is 0 Å². The average molecular weight is 442 g/mol. The second kappa shape index (κ2) is 9.61. The summed E-state index contributed by atoms with van der Waals surface area (Å²) in [6.07, 6.45) is 0.564. The van der Waals surface area contributed by atoms with Crippen molar-refractivity contribution >= 4 is 28.8 Å². The van der Waals surface area contributed by atoms with E-state index in [2.05, 4.69) is 5.32 Å². The van der Waals surface area contributed by atoms with Gasteiger partial charge in [-0.2, -0.15) is 0 Å². The first-order valence-electron chi connectivity index (χ1n) is 10.8. The molecule has 1 heterocycles. The smallest absolute Gasteiger partial charge is 0.278 e. The number of imide groups is 1. The molecule has 0 atom stereocenters. The molecule has 0 fully saturated rings. The summed E-state index contributed by atoms with van der Waals surface area (Å²) < 4.78 is 5.20. The van der Waals surface area contributed by atoms with E-state index in [1.807, 2.05) is 97.9 Å². The number of hydrogen-bond donors (Lipinski definition) is 1. The molecule has 1 aliphatic heterocycles. The zero-order chi connectivity index (χ0) is 23.4. The maximum absolute atomic E-state index is 13.4. The highest BCUT2D eigenvalue weighted by Crippen LogP contribution is 2.31. The molecule has 4 rings (SSSR count). The van der Waals surface area contributed by atoms with Crippen LogP contribution in [-0.4, -0.2) is 44.5 Å². The number of nitrogens with zero attached hydrogens (tertiary/aromatic N) is 2. The van der Waals surface area contributed by atoms with Crippen LogP contribution in [0.2, 0.25) is 0 Å². The molecule has 6 heteroatoms. The van der Waals surface area contributed by atoms with Crippen LogP contribution in [0.5, 0.6) is 5.75 Å². The summed E-state index contributed by atoms with van der Waals surface area (Å²) in [4.78, 5) is 30.0. The first kappa shape index (κ1) is 22.1. The van der Waals surface area contributed by atoms with Gasteiger partial charge < -0.3 is 15.0 Å². The predicted octanol–water partition coefficient (Wildman–Crippen LogP) is 4.20. The van der Waals surface area contributed by atoms with Crippen molar-refractivity contribution in [3.05, 3.63) is 95.7 Å². The van der Waals surface area contributed by atoms with Crippen molar-refractivity contribution in [2.75, 3.05) is 38.0 Å². The zero-order valence-corrected chi connectivity index (χ0v) is 19.0. The number of nitrogens with one attached hydrogen (secondary N) is 1. The molecule has 1 aliphatic rings. The van der Waals surface area contributed by atoms with Crippen LogP contribution in [-0.2, 0) is 16.0 Å². The van der Waals surface area contributed by atoms with Gasteiger partial charge in [0, 0.05) is 32.0 Å². The van der Waals surface area contributed by atoms with Gasteiger partial charge in [0.05, 0.1) is 12.7 Å². The quantitative estimate of drug-likeness (QED) is 0.531. The van der Waals surface area contributed by atoms with E-state index in [4.69, 9.17) is 4.74 Å². The molecule has 0 saturated heterocycles. The van der Waals surface area contributed by atoms with Crippen molar-refractivity contribution in [3.63, 3.8) is 0 Å². The minimum atomic E-state index is -0.316. The van der Waals surface area contributed by atoms with Crippen LogP contribution in [0, 0.1) is 0 Å². The first-order chi connectivity index (χ1) is 16.0. The average Bonchev–Trinajstić information content (AvgIpc) is 3.07. The third-order valence-electron chi connectivity index (χ3n) is 5.67. The van der Waals surface area contributed by atoms with Gasteiger partial charge in [0.1, 0.15) is 11.4 Å². The highest BCUT2D eigenvalue weighted by atomic mass is 16.5. The Morgan fingerprint density at radius 2 is 1.52 bits per heavy atom. The third-order valence-corrected chi connectivity index (χ3v) is 5.67. The Morgan fingerprint density at radius 1 is 0.848 bits per heavy atom. The van der Waals surface area contributed by atoms with Crippen molar-refractivity contribution in [2.45, 2.75) is 6.42 Å². The van der Waals surface area contributed by atoms with Crippen molar-refractivity contribution in [1.29, 1.82) is 0 Å². The van der Waals surface area contributed by atoms with Gasteiger partial charge in [-0.1, -0.05) is 42.5 Å². The van der Waals surface area contributed by atoms with Crippen molar-refractivity contribution in [1.82, 2.24) is 4.90 Å². The summed E-state index contributed by atoms with van der Waals surface area (Å²) in [5.74, 6) is 0.169. The third kappa shape index (κ3) is 4.75. The van der Waals surface area contributed by atoms with E-state index in [1.165, 1.54) is 4.90 Å². The standard InChI is InChI=1S/C27H27N3O3/c1-29(2)22-13-11-21(12-14-22)28-25-24(20-7-5-4-6-8-20)26(31)30(27(25)32)18-17-19-9-15-23(33-3)16-10-19/h4-16,28H,17-18H2,1-3H3. The second-order valence-electron chi connectivity index (χ2n) is 8.04. The minimum absolute atomic E-state index is 0.285. The van der Waals surface area contributed by atoms with Crippen LogP contribution in [0.4, 0.5) is 11.4 Å². The molecule has 0 aromatic heterocycles. The van der Waals surface area contributed by atoms with Gasteiger partial charge in [-0.25, -0.2) is 0 Å². The fourth-order valence-corrected chi connectivity index (χ4v) is 3.79. The van der Waals surface area contributed by atoms with E-state index in [9.17, 15) is 9.59 Å². The molecule has 33 heavy (non-hydrogen) atoms. The van der Waals surface area contributed by atoms with E-state index in [0.29, 0.717) is 24.2 Å². The largest absolute Gasteiger partial charge is 0.497 e. The van der Waals surface area contributed by atoms with Crippen molar-refractivity contribution in [3.8, 4) is 5.75 Å². The summed E-state index contributed by atoms with van der Waals surface area (Å²) in [5.41, 5.74) is 4.24. The minimum Gasteiger partial charge on any atom is -0.497 e. The Balaban J connectivity index is 1.60. The number of carbonyl (C=O) groups excluding carboxylic acids is 2. The Labute approximate surface area is 194 Å². The van der Waals surface area contributed by atoms with Gasteiger partial charge in [0.2, 0.25) is 0 Å². The SMILES string of the molecule is COc1ccc(CCN2C(=O)C(Nc3ccc(N(C)C)cc3)=C(c3ccccc3)C2=O)cc1. The van der Waals surface area contributed by atoms with Crippen LogP contribution in [0.3, 0.4) is 0 Å². The molecule has 0 spiro atoms. The molecule has 0 aliphatic carbocycles. The lowest BCUT2D eigenvalue weighted by Crippen LogP contribution is -2.34. The highest BCUT2D eigenvalue weighted by Gasteiger charge is 2.38. The lowest BCUT2D eigenvalue weighted by atomic mass is 10.0. The number of ether oxygens (including phenoxy) is 1. The van der Waals surface area contributed by atoms with Crippen LogP contribution in [0.1, 0.15) is 11.1 Å². The summed E-state index contributed by atoms with van der Waals surface area (Å²) in [6.45, 7) is 0.297. The van der Waals surface area contributed by atoms with Crippen LogP contribution in [0.25, 0.3) is 5.57 Å². The number of hydrogen-bond acceptors (Lipinski definition) is 5. The lowest BCUT2D eigenvalue weighted by Gasteiger charge is -2.16. The molecule has 3 aromatic rings. The topological polar surface area (TPSA) is 61.9 Å². The highest BCUT2D eigenvalue weighted by molar-refractivity contribution is 6.36. The maximum atomic E-state index is 13.4. The van der Waals surface area contributed by atoms with Gasteiger partial charge in [-0.3, -0.25) is 14.5 Å². The lowest BCUT2D eigenvalue weighted by molar-refractivity contribution is -0.136. The van der Waals surface area contributed by atoms with Crippen molar-refractivity contribution < 1.29 is 14.3 Å². The molecule has 3 aromatic carbocycles. The molecule has 0 saturated carbocycles. The molecule has 0 radical (unpaired) electrons. The van der Waals surface area contributed by atoms with E-state index in [-0.39, 0.29) is 11.8 Å². The monoisotopic (exact) mass is 441 g/mol. The second-order valence-corrected chi connectivity index (χ2v) is 8.04. The van der Waals surface area contributed by atoms with E-state index in [0.717, 1.165) is 28.3 Å². The van der Waals surface area contributed by atoms with Gasteiger partial charge in [-0.05, 0) is 53.9 Å². The molecule has 1 N–H and O–H groups in total. The van der Waals surface area contributed by atoms with Crippen LogP contribution < -0.4 is 15.0 Å². The van der Waals surface area contributed by atoms with Gasteiger partial charge in [0.15, 0.2) is 0 Å². The Kier molecular flexibility index (Phi) is 6.45. The Morgan fingerprint density at radius 3 is 2.12 bits per heavy atom. The fourth-order valence-electron chi connectivity index (χ4n) is 3.79. The molecule has 2 amide bonds. The summed E-state index contributed by atoms with van der Waals surface area (Å²) in [6, 6.07) is 24.7. The van der Waals surface area contributed by atoms with Crippen LogP contribution in [0.15, 0.2) is 84.6 Å². The number of benzene rings is 3. The fraction of sp³-hybridized carbons (Fsp3) is 0.185. The number of rotatable bonds is 8. The Bertz CT molecular complexity index is 1170.